The number of rotatable bonds is 6. The van der Waals surface area contributed by atoms with Crippen molar-refractivity contribution >= 4 is 5.69 Å². The first-order valence-corrected chi connectivity index (χ1v) is 7.18. The minimum Gasteiger partial charge on any atom is -0.385 e. The molecule has 1 aromatic heterocycles. The number of anilines is 1. The fraction of sp³-hybridized carbons (Fsp3) is 0.667. The van der Waals surface area contributed by atoms with Gasteiger partial charge in [-0.25, -0.2) is 0 Å². The normalized spacial score (nSPS) is 16.4. The molecular formula is C15H25N3. The zero-order valence-corrected chi connectivity index (χ0v) is 11.7. The van der Waals surface area contributed by atoms with E-state index in [2.05, 4.69) is 41.3 Å². The number of aromatic nitrogens is 1. The number of nitrogens with one attached hydrogen (secondary N) is 1. The average Bonchev–Trinajstić information content (AvgIpc) is 2.91. The Bertz CT molecular complexity index is 359. The summed E-state index contributed by atoms with van der Waals surface area (Å²) in [5, 5.41) is 3.42. The molecule has 0 radical (unpaired) electrons. The molecule has 18 heavy (non-hydrogen) atoms. The van der Waals surface area contributed by atoms with Crippen molar-refractivity contribution in [2.24, 2.45) is 0 Å². The smallest absolute Gasteiger partial charge is 0.0564 e. The van der Waals surface area contributed by atoms with Gasteiger partial charge in [0, 0.05) is 31.0 Å². The van der Waals surface area contributed by atoms with Crippen LogP contribution in [0.3, 0.4) is 0 Å². The standard InChI is InChI=1S/C15H25N3/c1-3-9-16-13-8-10-17-14(11-13)12-18(2)15-6-4-5-7-15/h8,10-11,15H,3-7,9,12H2,1-2H3,(H,16,17). The second-order valence-electron chi connectivity index (χ2n) is 5.32. The average molecular weight is 247 g/mol. The van der Waals surface area contributed by atoms with Gasteiger partial charge in [0.05, 0.1) is 5.69 Å². The maximum absolute atomic E-state index is 4.48. The summed E-state index contributed by atoms with van der Waals surface area (Å²) in [5.74, 6) is 0. The monoisotopic (exact) mass is 247 g/mol. The third-order valence-electron chi connectivity index (χ3n) is 3.76. The lowest BCUT2D eigenvalue weighted by atomic mass is 10.2. The van der Waals surface area contributed by atoms with E-state index in [0.717, 1.165) is 25.6 Å². The molecule has 3 nitrogen and oxygen atoms in total. The van der Waals surface area contributed by atoms with Gasteiger partial charge in [-0.1, -0.05) is 19.8 Å². The number of pyridine rings is 1. The predicted molar refractivity (Wildman–Crippen MR) is 76.7 cm³/mol. The third-order valence-corrected chi connectivity index (χ3v) is 3.76. The van der Waals surface area contributed by atoms with Crippen molar-refractivity contribution in [2.75, 3.05) is 18.9 Å². The van der Waals surface area contributed by atoms with E-state index in [-0.39, 0.29) is 0 Å². The summed E-state index contributed by atoms with van der Waals surface area (Å²) in [5.41, 5.74) is 2.37. The number of hydrogen-bond donors (Lipinski definition) is 1. The molecule has 2 rings (SSSR count). The molecule has 0 bridgehead atoms. The molecule has 0 unspecified atom stereocenters. The Morgan fingerprint density at radius 1 is 1.39 bits per heavy atom. The molecule has 1 aromatic rings. The van der Waals surface area contributed by atoms with Crippen LogP contribution in [0.4, 0.5) is 5.69 Å². The Balaban J connectivity index is 1.91. The Kier molecular flexibility index (Phi) is 5.00. The molecule has 1 aliphatic rings. The van der Waals surface area contributed by atoms with Crippen LogP contribution in [0.2, 0.25) is 0 Å². The van der Waals surface area contributed by atoms with Gasteiger partial charge < -0.3 is 5.32 Å². The van der Waals surface area contributed by atoms with Gasteiger partial charge in [-0.3, -0.25) is 9.88 Å². The first kappa shape index (κ1) is 13.3. The molecule has 1 saturated carbocycles. The summed E-state index contributed by atoms with van der Waals surface area (Å²) in [6, 6.07) is 5.00. The Labute approximate surface area is 111 Å². The molecule has 0 aromatic carbocycles. The fourth-order valence-electron chi connectivity index (χ4n) is 2.67. The lowest BCUT2D eigenvalue weighted by molar-refractivity contribution is 0.235. The largest absolute Gasteiger partial charge is 0.385 e. The molecule has 100 valence electrons. The second-order valence-corrected chi connectivity index (χ2v) is 5.32. The molecule has 1 N–H and O–H groups in total. The van der Waals surface area contributed by atoms with Crippen molar-refractivity contribution in [1.29, 1.82) is 0 Å². The number of hydrogen-bond acceptors (Lipinski definition) is 3. The van der Waals surface area contributed by atoms with E-state index in [4.69, 9.17) is 0 Å². The van der Waals surface area contributed by atoms with Crippen molar-refractivity contribution in [3.05, 3.63) is 24.0 Å². The van der Waals surface area contributed by atoms with E-state index in [1.54, 1.807) is 0 Å². The topological polar surface area (TPSA) is 28.2 Å². The first-order chi connectivity index (χ1) is 8.79. The zero-order chi connectivity index (χ0) is 12.8. The van der Waals surface area contributed by atoms with E-state index >= 15 is 0 Å². The highest BCUT2D eigenvalue weighted by Crippen LogP contribution is 2.23. The maximum atomic E-state index is 4.48. The zero-order valence-electron chi connectivity index (χ0n) is 11.7. The molecule has 0 amide bonds. The van der Waals surface area contributed by atoms with Crippen LogP contribution in [0, 0.1) is 0 Å². The van der Waals surface area contributed by atoms with E-state index in [1.807, 2.05) is 6.20 Å². The van der Waals surface area contributed by atoms with Gasteiger partial charge in [-0.2, -0.15) is 0 Å². The number of nitrogens with zero attached hydrogens (tertiary/aromatic N) is 2. The lowest BCUT2D eigenvalue weighted by Gasteiger charge is -2.23. The van der Waals surface area contributed by atoms with Gasteiger partial charge >= 0.3 is 0 Å². The fourth-order valence-corrected chi connectivity index (χ4v) is 2.67. The van der Waals surface area contributed by atoms with Crippen LogP contribution < -0.4 is 5.32 Å². The summed E-state index contributed by atoms with van der Waals surface area (Å²) in [6.45, 7) is 4.18. The van der Waals surface area contributed by atoms with Crippen molar-refractivity contribution in [3.8, 4) is 0 Å². The van der Waals surface area contributed by atoms with E-state index < -0.39 is 0 Å². The van der Waals surface area contributed by atoms with Crippen molar-refractivity contribution in [3.63, 3.8) is 0 Å². The molecule has 1 fully saturated rings. The van der Waals surface area contributed by atoms with Crippen LogP contribution in [0.5, 0.6) is 0 Å². The van der Waals surface area contributed by atoms with Crippen LogP contribution in [0.1, 0.15) is 44.7 Å². The van der Waals surface area contributed by atoms with Crippen molar-refractivity contribution in [1.82, 2.24) is 9.88 Å². The molecule has 0 atom stereocenters. The van der Waals surface area contributed by atoms with Gasteiger partial charge in [0.25, 0.3) is 0 Å². The summed E-state index contributed by atoms with van der Waals surface area (Å²) in [4.78, 5) is 6.93. The summed E-state index contributed by atoms with van der Waals surface area (Å²) in [7, 11) is 2.23. The second kappa shape index (κ2) is 6.74. The molecule has 1 heterocycles. The van der Waals surface area contributed by atoms with Gasteiger partial charge in [0.2, 0.25) is 0 Å². The van der Waals surface area contributed by atoms with Crippen LogP contribution in [-0.2, 0) is 6.54 Å². The third kappa shape index (κ3) is 3.70. The molecule has 0 aliphatic heterocycles. The lowest BCUT2D eigenvalue weighted by Crippen LogP contribution is -2.28. The van der Waals surface area contributed by atoms with Crippen LogP contribution in [0.25, 0.3) is 0 Å². The highest BCUT2D eigenvalue weighted by Gasteiger charge is 2.19. The Hall–Kier alpha value is -1.09. The van der Waals surface area contributed by atoms with E-state index in [0.29, 0.717) is 0 Å². The minimum atomic E-state index is 0.763. The van der Waals surface area contributed by atoms with Crippen molar-refractivity contribution in [2.45, 2.75) is 51.6 Å². The van der Waals surface area contributed by atoms with Gasteiger partial charge in [0.1, 0.15) is 0 Å². The maximum Gasteiger partial charge on any atom is 0.0564 e. The summed E-state index contributed by atoms with van der Waals surface area (Å²) < 4.78 is 0. The first-order valence-electron chi connectivity index (χ1n) is 7.18. The Morgan fingerprint density at radius 2 is 2.17 bits per heavy atom. The van der Waals surface area contributed by atoms with Gasteiger partial charge in [0.15, 0.2) is 0 Å². The highest BCUT2D eigenvalue weighted by atomic mass is 15.1. The van der Waals surface area contributed by atoms with Crippen LogP contribution >= 0.6 is 0 Å². The van der Waals surface area contributed by atoms with Crippen LogP contribution in [0.15, 0.2) is 18.3 Å². The summed E-state index contributed by atoms with van der Waals surface area (Å²) in [6.07, 6.45) is 8.55. The highest BCUT2D eigenvalue weighted by molar-refractivity contribution is 5.43. The van der Waals surface area contributed by atoms with Gasteiger partial charge in [-0.15, -0.1) is 0 Å². The molecule has 0 spiro atoms. The Morgan fingerprint density at radius 3 is 2.89 bits per heavy atom. The predicted octanol–water partition coefficient (Wildman–Crippen LogP) is 3.28. The van der Waals surface area contributed by atoms with E-state index in [1.165, 1.54) is 37.1 Å². The van der Waals surface area contributed by atoms with Gasteiger partial charge in [-0.05, 0) is 38.4 Å². The SMILES string of the molecule is CCCNc1ccnc(CN(C)C2CCCC2)c1. The quantitative estimate of drug-likeness (QED) is 0.836. The molecular weight excluding hydrogens is 222 g/mol. The molecule has 0 saturated heterocycles. The van der Waals surface area contributed by atoms with E-state index in [9.17, 15) is 0 Å². The van der Waals surface area contributed by atoms with Crippen LogP contribution in [-0.4, -0.2) is 29.5 Å². The van der Waals surface area contributed by atoms with Crippen molar-refractivity contribution < 1.29 is 0 Å². The molecule has 1 aliphatic carbocycles. The molecule has 3 heteroatoms. The summed E-state index contributed by atoms with van der Waals surface area (Å²) >= 11 is 0. The minimum absolute atomic E-state index is 0.763.